The number of nitrogens with zero attached hydrogens (tertiary/aromatic N) is 2. The molecule has 0 aliphatic rings. The van der Waals surface area contributed by atoms with E-state index >= 15 is 0 Å². The molecule has 0 heterocycles. The number of esters is 1. The van der Waals surface area contributed by atoms with Crippen LogP contribution in [0, 0.1) is 17.1 Å². The van der Waals surface area contributed by atoms with Crippen LogP contribution in [0.5, 0.6) is 0 Å². The fourth-order valence-electron chi connectivity index (χ4n) is 2.17. The van der Waals surface area contributed by atoms with Crippen LogP contribution in [0.15, 0.2) is 42.5 Å². The van der Waals surface area contributed by atoms with Gasteiger partial charge in [-0.25, -0.2) is 9.18 Å². The van der Waals surface area contributed by atoms with Gasteiger partial charge in [0.1, 0.15) is 11.4 Å². The third-order valence-corrected chi connectivity index (χ3v) is 3.91. The van der Waals surface area contributed by atoms with Crippen LogP contribution in [-0.2, 0) is 9.53 Å². The zero-order chi connectivity index (χ0) is 19.1. The predicted molar refractivity (Wildman–Crippen MR) is 95.7 cm³/mol. The molecule has 0 fully saturated rings. The number of carbonyl (C=O) groups is 2. The molecule has 0 saturated heterocycles. The summed E-state index contributed by atoms with van der Waals surface area (Å²) < 4.78 is 18.6. The molecule has 2 aromatic carbocycles. The summed E-state index contributed by atoms with van der Waals surface area (Å²) in [5, 5.41) is 9.07. The minimum atomic E-state index is -1.05. The first-order valence-corrected chi connectivity index (χ1v) is 8.23. The average molecular weight is 395 g/mol. The predicted octanol–water partition coefficient (Wildman–Crippen LogP) is 4.24. The quantitative estimate of drug-likeness (QED) is 0.687. The standard InChI is InChI=1S/C18H13Cl2FN2O3/c19-12-4-1-5-13(10-12)23(9-3-8-22)16(24)11-26-18(25)17-14(20)6-2-7-15(17)21/h1-2,4-7,10H,3,9,11H2. The molecule has 0 atom stereocenters. The molecule has 0 aromatic heterocycles. The highest BCUT2D eigenvalue weighted by Gasteiger charge is 2.21. The van der Waals surface area contributed by atoms with Crippen molar-refractivity contribution in [3.05, 3.63) is 63.9 Å². The molecule has 2 rings (SSSR count). The first kappa shape index (κ1) is 19.7. The minimum absolute atomic E-state index is 0.0747. The molecule has 0 aliphatic carbocycles. The maximum absolute atomic E-state index is 13.7. The van der Waals surface area contributed by atoms with E-state index in [4.69, 9.17) is 33.2 Å². The van der Waals surface area contributed by atoms with Crippen molar-refractivity contribution < 1.29 is 18.7 Å². The Hall–Kier alpha value is -2.62. The van der Waals surface area contributed by atoms with Crippen LogP contribution in [0.2, 0.25) is 10.0 Å². The molecule has 0 unspecified atom stereocenters. The Morgan fingerprint density at radius 3 is 2.58 bits per heavy atom. The summed E-state index contributed by atoms with van der Waals surface area (Å²) in [6.07, 6.45) is 0.0747. The number of ether oxygens (including phenoxy) is 1. The van der Waals surface area contributed by atoms with Gasteiger partial charge in [-0.3, -0.25) is 4.79 Å². The van der Waals surface area contributed by atoms with Gasteiger partial charge in [0.05, 0.1) is 17.5 Å². The largest absolute Gasteiger partial charge is 0.452 e. The number of benzene rings is 2. The Morgan fingerprint density at radius 2 is 1.92 bits per heavy atom. The fourth-order valence-corrected chi connectivity index (χ4v) is 2.60. The second kappa shape index (κ2) is 9.18. The van der Waals surface area contributed by atoms with Gasteiger partial charge in [-0.1, -0.05) is 35.3 Å². The lowest BCUT2D eigenvalue weighted by Crippen LogP contribution is -2.35. The van der Waals surface area contributed by atoms with Gasteiger partial charge in [0, 0.05) is 17.3 Å². The molecule has 134 valence electrons. The van der Waals surface area contributed by atoms with E-state index in [1.165, 1.54) is 17.0 Å². The Kier molecular flexibility index (Phi) is 6.96. The van der Waals surface area contributed by atoms with Crippen LogP contribution in [0.25, 0.3) is 0 Å². The molecule has 1 amide bonds. The van der Waals surface area contributed by atoms with Gasteiger partial charge in [0.15, 0.2) is 6.61 Å². The second-order valence-electron chi connectivity index (χ2n) is 5.11. The Morgan fingerprint density at radius 1 is 1.19 bits per heavy atom. The van der Waals surface area contributed by atoms with Gasteiger partial charge < -0.3 is 9.64 Å². The first-order valence-electron chi connectivity index (χ1n) is 7.48. The number of anilines is 1. The molecule has 2 aromatic rings. The van der Waals surface area contributed by atoms with Crippen molar-refractivity contribution in [1.29, 1.82) is 5.26 Å². The van der Waals surface area contributed by atoms with E-state index in [9.17, 15) is 14.0 Å². The topological polar surface area (TPSA) is 70.4 Å². The molecule has 0 spiro atoms. The summed E-state index contributed by atoms with van der Waals surface area (Å²) in [4.78, 5) is 25.7. The SMILES string of the molecule is N#CCCN(C(=O)COC(=O)c1c(F)cccc1Cl)c1cccc(Cl)c1. The van der Waals surface area contributed by atoms with Crippen molar-refractivity contribution in [2.75, 3.05) is 18.1 Å². The van der Waals surface area contributed by atoms with Crippen LogP contribution in [0.4, 0.5) is 10.1 Å². The number of amides is 1. The molecule has 26 heavy (non-hydrogen) atoms. The fraction of sp³-hybridized carbons (Fsp3) is 0.167. The number of rotatable bonds is 6. The van der Waals surface area contributed by atoms with Crippen molar-refractivity contribution in [3.8, 4) is 6.07 Å². The summed E-state index contributed by atoms with van der Waals surface area (Å²) >= 11 is 11.7. The van der Waals surface area contributed by atoms with E-state index in [1.807, 2.05) is 6.07 Å². The minimum Gasteiger partial charge on any atom is -0.452 e. The Bertz CT molecular complexity index is 848. The lowest BCUT2D eigenvalue weighted by molar-refractivity contribution is -0.121. The number of nitriles is 1. The number of carbonyl (C=O) groups excluding carboxylic acids is 2. The number of hydrogen-bond donors (Lipinski definition) is 0. The van der Waals surface area contributed by atoms with Crippen molar-refractivity contribution in [1.82, 2.24) is 0 Å². The van der Waals surface area contributed by atoms with Crippen LogP contribution < -0.4 is 4.90 Å². The van der Waals surface area contributed by atoms with Gasteiger partial charge >= 0.3 is 5.97 Å². The summed E-state index contributed by atoms with van der Waals surface area (Å²) in [6.45, 7) is -0.547. The highest BCUT2D eigenvalue weighted by Crippen LogP contribution is 2.22. The highest BCUT2D eigenvalue weighted by atomic mass is 35.5. The van der Waals surface area contributed by atoms with E-state index in [1.54, 1.807) is 24.3 Å². The average Bonchev–Trinajstić information content (AvgIpc) is 2.60. The molecular weight excluding hydrogens is 382 g/mol. The number of hydrogen-bond acceptors (Lipinski definition) is 4. The highest BCUT2D eigenvalue weighted by molar-refractivity contribution is 6.33. The van der Waals surface area contributed by atoms with Gasteiger partial charge in [-0.15, -0.1) is 0 Å². The lowest BCUT2D eigenvalue weighted by Gasteiger charge is -2.22. The van der Waals surface area contributed by atoms with Crippen LogP contribution in [0.3, 0.4) is 0 Å². The van der Waals surface area contributed by atoms with Crippen molar-refractivity contribution in [2.24, 2.45) is 0 Å². The summed E-state index contributed by atoms with van der Waals surface area (Å²) in [5.41, 5.74) is 0.0195. The molecule has 5 nitrogen and oxygen atoms in total. The van der Waals surface area contributed by atoms with Crippen molar-refractivity contribution in [2.45, 2.75) is 6.42 Å². The monoisotopic (exact) mass is 394 g/mol. The smallest absolute Gasteiger partial charge is 0.343 e. The first-order chi connectivity index (χ1) is 12.4. The summed E-state index contributed by atoms with van der Waals surface area (Å²) in [7, 11) is 0. The molecular formula is C18H13Cl2FN2O3. The van der Waals surface area contributed by atoms with Crippen molar-refractivity contribution >= 4 is 40.8 Å². The molecule has 0 saturated carbocycles. The van der Waals surface area contributed by atoms with E-state index in [0.29, 0.717) is 10.7 Å². The summed E-state index contributed by atoms with van der Waals surface area (Å²) in [6, 6.07) is 12.2. The van der Waals surface area contributed by atoms with Gasteiger partial charge in [0.2, 0.25) is 0 Å². The van der Waals surface area contributed by atoms with E-state index in [2.05, 4.69) is 0 Å². The molecule has 0 N–H and O–H groups in total. The lowest BCUT2D eigenvalue weighted by atomic mass is 10.2. The number of halogens is 3. The maximum Gasteiger partial charge on any atom is 0.343 e. The van der Waals surface area contributed by atoms with E-state index in [0.717, 1.165) is 6.07 Å². The zero-order valence-electron chi connectivity index (χ0n) is 13.4. The van der Waals surface area contributed by atoms with Gasteiger partial charge in [-0.05, 0) is 30.3 Å². The second-order valence-corrected chi connectivity index (χ2v) is 5.95. The normalized spacial score (nSPS) is 10.1. The van der Waals surface area contributed by atoms with Gasteiger partial charge in [-0.2, -0.15) is 5.26 Å². The maximum atomic E-state index is 13.7. The molecule has 0 bridgehead atoms. The Balaban J connectivity index is 2.12. The van der Waals surface area contributed by atoms with Gasteiger partial charge in [0.25, 0.3) is 5.91 Å². The third-order valence-electron chi connectivity index (χ3n) is 3.36. The molecule has 8 heteroatoms. The van der Waals surface area contributed by atoms with E-state index < -0.39 is 29.9 Å². The van der Waals surface area contributed by atoms with Crippen LogP contribution in [0.1, 0.15) is 16.8 Å². The molecule has 0 aliphatic heterocycles. The van der Waals surface area contributed by atoms with Crippen LogP contribution >= 0.6 is 23.2 Å². The molecule has 0 radical (unpaired) electrons. The Labute approximate surface area is 159 Å². The van der Waals surface area contributed by atoms with Crippen LogP contribution in [-0.4, -0.2) is 25.0 Å². The summed E-state index contributed by atoms with van der Waals surface area (Å²) in [5.74, 6) is -2.47. The van der Waals surface area contributed by atoms with E-state index in [-0.39, 0.29) is 18.0 Å². The third kappa shape index (κ3) is 4.94. The van der Waals surface area contributed by atoms with Crippen molar-refractivity contribution in [3.63, 3.8) is 0 Å². The zero-order valence-corrected chi connectivity index (χ0v) is 14.9.